The van der Waals surface area contributed by atoms with Crippen molar-refractivity contribution in [2.45, 2.75) is 6.92 Å². The summed E-state index contributed by atoms with van der Waals surface area (Å²) in [5, 5.41) is 14.5. The Hall–Kier alpha value is -3.24. The van der Waals surface area contributed by atoms with Gasteiger partial charge in [-0.05, 0) is 42.1 Å². The third-order valence-electron chi connectivity index (χ3n) is 3.22. The van der Waals surface area contributed by atoms with Crippen molar-refractivity contribution < 1.29 is 0 Å². The first-order chi connectivity index (χ1) is 11.7. The summed E-state index contributed by atoms with van der Waals surface area (Å²) in [5.74, 6) is 0.603. The van der Waals surface area contributed by atoms with Crippen molar-refractivity contribution in [2.75, 3.05) is 11.1 Å². The Morgan fingerprint density at radius 2 is 2.00 bits per heavy atom. The molecule has 6 nitrogen and oxygen atoms in total. The summed E-state index contributed by atoms with van der Waals surface area (Å²) >= 11 is 1.55. The van der Waals surface area contributed by atoms with Gasteiger partial charge < -0.3 is 11.1 Å². The molecule has 24 heavy (non-hydrogen) atoms. The van der Waals surface area contributed by atoms with Gasteiger partial charge in [-0.3, -0.25) is 0 Å². The highest BCUT2D eigenvalue weighted by Gasteiger charge is 2.11. The van der Waals surface area contributed by atoms with Crippen LogP contribution < -0.4 is 11.1 Å². The molecule has 118 valence electrons. The molecule has 0 saturated carbocycles. The van der Waals surface area contributed by atoms with Crippen LogP contribution in [0.5, 0.6) is 0 Å². The largest absolute Gasteiger partial charge is 0.368 e. The normalized spacial score (nSPS) is 11.1. The summed E-state index contributed by atoms with van der Waals surface area (Å²) in [5.41, 5.74) is 8.03. The molecule has 0 saturated heterocycles. The zero-order chi connectivity index (χ0) is 16.9. The molecule has 7 heteroatoms. The number of nitrogens with zero attached hydrogens (tertiary/aromatic N) is 4. The lowest BCUT2D eigenvalue weighted by Crippen LogP contribution is -2.06. The molecule has 0 aliphatic heterocycles. The van der Waals surface area contributed by atoms with E-state index in [1.807, 2.05) is 48.7 Å². The van der Waals surface area contributed by atoms with E-state index in [2.05, 4.69) is 26.3 Å². The van der Waals surface area contributed by atoms with Gasteiger partial charge in [0, 0.05) is 10.6 Å². The number of para-hydroxylation sites is 1. The number of thiophene rings is 1. The minimum Gasteiger partial charge on any atom is -0.368 e. The second-order valence-electron chi connectivity index (χ2n) is 4.97. The van der Waals surface area contributed by atoms with Crippen molar-refractivity contribution in [1.82, 2.24) is 15.0 Å². The molecule has 0 aliphatic carbocycles. The van der Waals surface area contributed by atoms with Crippen LogP contribution in [0, 0.1) is 18.3 Å². The fraction of sp³-hybridized carbons (Fsp3) is 0.0588. The second-order valence-corrected chi connectivity index (χ2v) is 5.92. The minimum absolute atomic E-state index is 0.0579. The molecule has 0 atom stereocenters. The number of benzene rings is 1. The molecular formula is C17H14N6S. The van der Waals surface area contributed by atoms with Crippen LogP contribution in [-0.2, 0) is 0 Å². The van der Waals surface area contributed by atoms with E-state index in [9.17, 15) is 5.26 Å². The van der Waals surface area contributed by atoms with Crippen molar-refractivity contribution in [2.24, 2.45) is 0 Å². The smallest absolute Gasteiger partial charge is 0.232 e. The molecule has 0 unspecified atom stereocenters. The standard InChI is InChI=1S/C17H14N6S/c1-11-7-8-24-14(11)9-12(10-18)15-21-16(19)23-17(22-15)20-13-5-3-2-4-6-13/h2-9H,1H3,(H3,19,20,21,22,23). The van der Waals surface area contributed by atoms with E-state index < -0.39 is 0 Å². The van der Waals surface area contributed by atoms with Gasteiger partial charge in [0.15, 0.2) is 5.82 Å². The fourth-order valence-corrected chi connectivity index (χ4v) is 2.89. The molecule has 2 aromatic heterocycles. The van der Waals surface area contributed by atoms with E-state index in [1.54, 1.807) is 17.4 Å². The number of rotatable bonds is 4. The molecule has 0 radical (unpaired) electrons. The third kappa shape index (κ3) is 3.56. The number of nitrogen functional groups attached to an aromatic ring is 1. The van der Waals surface area contributed by atoms with Gasteiger partial charge >= 0.3 is 0 Å². The predicted molar refractivity (Wildman–Crippen MR) is 96.5 cm³/mol. The molecule has 0 amide bonds. The first-order valence-electron chi connectivity index (χ1n) is 7.15. The number of allylic oxidation sites excluding steroid dienone is 1. The topological polar surface area (TPSA) is 101 Å². The molecule has 3 aromatic rings. The SMILES string of the molecule is Cc1ccsc1C=C(C#N)c1nc(N)nc(Nc2ccccc2)n1. The third-order valence-corrected chi connectivity index (χ3v) is 4.19. The summed E-state index contributed by atoms with van der Waals surface area (Å²) in [7, 11) is 0. The fourth-order valence-electron chi connectivity index (χ4n) is 2.03. The number of nitriles is 1. The highest BCUT2D eigenvalue weighted by atomic mass is 32.1. The van der Waals surface area contributed by atoms with E-state index in [-0.39, 0.29) is 11.8 Å². The zero-order valence-electron chi connectivity index (χ0n) is 12.9. The lowest BCUT2D eigenvalue weighted by atomic mass is 10.2. The maximum Gasteiger partial charge on any atom is 0.232 e. The van der Waals surface area contributed by atoms with Crippen LogP contribution in [0.1, 0.15) is 16.3 Å². The average Bonchev–Trinajstić information content (AvgIpc) is 2.98. The van der Waals surface area contributed by atoms with Gasteiger partial charge in [0.25, 0.3) is 0 Å². The number of hydrogen-bond acceptors (Lipinski definition) is 7. The lowest BCUT2D eigenvalue weighted by molar-refractivity contribution is 1.04. The number of nitrogens with one attached hydrogen (secondary N) is 1. The summed E-state index contributed by atoms with van der Waals surface area (Å²) in [6, 6.07) is 13.6. The van der Waals surface area contributed by atoms with E-state index >= 15 is 0 Å². The van der Waals surface area contributed by atoms with Crippen molar-refractivity contribution in [3.05, 3.63) is 58.0 Å². The number of anilines is 3. The zero-order valence-corrected chi connectivity index (χ0v) is 13.7. The molecule has 0 aliphatic rings. The molecule has 3 rings (SSSR count). The van der Waals surface area contributed by atoms with Crippen LogP contribution in [0.15, 0.2) is 41.8 Å². The molecule has 3 N–H and O–H groups in total. The molecule has 2 heterocycles. The van der Waals surface area contributed by atoms with E-state index in [0.29, 0.717) is 11.5 Å². The highest BCUT2D eigenvalue weighted by Crippen LogP contribution is 2.23. The quantitative estimate of drug-likeness (QED) is 0.707. The number of nitrogens with two attached hydrogens (primary N) is 1. The van der Waals surface area contributed by atoms with Crippen molar-refractivity contribution in [3.63, 3.8) is 0 Å². The first-order valence-corrected chi connectivity index (χ1v) is 8.03. The van der Waals surface area contributed by atoms with Crippen molar-refractivity contribution in [3.8, 4) is 6.07 Å². The monoisotopic (exact) mass is 334 g/mol. The van der Waals surface area contributed by atoms with E-state index in [1.165, 1.54) is 0 Å². The Morgan fingerprint density at radius 3 is 2.67 bits per heavy atom. The van der Waals surface area contributed by atoms with E-state index in [4.69, 9.17) is 5.73 Å². The molecular weight excluding hydrogens is 320 g/mol. The van der Waals surface area contributed by atoms with Gasteiger partial charge in [0.1, 0.15) is 6.07 Å². The van der Waals surface area contributed by atoms with Gasteiger partial charge in [-0.1, -0.05) is 18.2 Å². The predicted octanol–water partition coefficient (Wildman–Crippen LogP) is 3.63. The molecule has 0 spiro atoms. The van der Waals surface area contributed by atoms with Gasteiger partial charge in [-0.15, -0.1) is 11.3 Å². The van der Waals surface area contributed by atoms with Gasteiger partial charge in [0.05, 0.1) is 5.57 Å². The van der Waals surface area contributed by atoms with Gasteiger partial charge in [-0.25, -0.2) is 0 Å². The second kappa shape index (κ2) is 6.89. The molecule has 0 bridgehead atoms. The van der Waals surface area contributed by atoms with E-state index in [0.717, 1.165) is 16.1 Å². The molecule has 0 fully saturated rings. The first kappa shape index (κ1) is 15.6. The Kier molecular flexibility index (Phi) is 4.50. The summed E-state index contributed by atoms with van der Waals surface area (Å²) in [4.78, 5) is 13.5. The Balaban J connectivity index is 1.97. The van der Waals surface area contributed by atoms with Crippen LogP contribution in [0.4, 0.5) is 17.6 Å². The highest BCUT2D eigenvalue weighted by molar-refractivity contribution is 7.11. The maximum atomic E-state index is 9.47. The maximum absolute atomic E-state index is 9.47. The summed E-state index contributed by atoms with van der Waals surface area (Å²) in [6.07, 6.45) is 1.76. The Morgan fingerprint density at radius 1 is 1.21 bits per heavy atom. The van der Waals surface area contributed by atoms with Crippen LogP contribution in [-0.4, -0.2) is 15.0 Å². The minimum atomic E-state index is 0.0579. The van der Waals surface area contributed by atoms with Crippen molar-refractivity contribution in [1.29, 1.82) is 5.26 Å². The van der Waals surface area contributed by atoms with Gasteiger partial charge in [0.2, 0.25) is 11.9 Å². The molecule has 1 aromatic carbocycles. The summed E-state index contributed by atoms with van der Waals surface area (Å²) < 4.78 is 0. The number of aromatic nitrogens is 3. The van der Waals surface area contributed by atoms with Crippen molar-refractivity contribution >= 4 is 40.6 Å². The number of hydrogen-bond donors (Lipinski definition) is 2. The summed E-state index contributed by atoms with van der Waals surface area (Å²) in [6.45, 7) is 1.99. The number of aryl methyl sites for hydroxylation is 1. The lowest BCUT2D eigenvalue weighted by Gasteiger charge is -2.06. The van der Waals surface area contributed by atoms with Crippen LogP contribution >= 0.6 is 11.3 Å². The Labute approximate surface area is 143 Å². The Bertz CT molecular complexity index is 924. The van der Waals surface area contributed by atoms with Crippen LogP contribution in [0.25, 0.3) is 11.6 Å². The average molecular weight is 334 g/mol. The van der Waals surface area contributed by atoms with Crippen LogP contribution in [0.3, 0.4) is 0 Å². The van der Waals surface area contributed by atoms with Crippen LogP contribution in [0.2, 0.25) is 0 Å². The van der Waals surface area contributed by atoms with Gasteiger partial charge in [-0.2, -0.15) is 20.2 Å².